The zero-order valence-electron chi connectivity index (χ0n) is 19.8. The molecular formula is C27H26N4O3S. The highest BCUT2D eigenvalue weighted by Gasteiger charge is 2.36. The van der Waals surface area contributed by atoms with Crippen molar-refractivity contribution in [2.75, 3.05) is 13.7 Å². The number of hydrogen-bond donors (Lipinski definition) is 1. The van der Waals surface area contributed by atoms with Gasteiger partial charge in [0, 0.05) is 16.5 Å². The van der Waals surface area contributed by atoms with Crippen molar-refractivity contribution >= 4 is 28.5 Å². The summed E-state index contributed by atoms with van der Waals surface area (Å²) in [4.78, 5) is 18.4. The van der Waals surface area contributed by atoms with E-state index >= 15 is 0 Å². The lowest BCUT2D eigenvalue weighted by molar-refractivity contribution is -0.116. The number of nitrogens with zero attached hydrogens (tertiary/aromatic N) is 3. The number of thioether (sulfide) groups is 1. The van der Waals surface area contributed by atoms with E-state index in [4.69, 9.17) is 19.6 Å². The molecule has 8 heteroatoms. The molecule has 0 saturated carbocycles. The second kappa shape index (κ2) is 9.84. The van der Waals surface area contributed by atoms with Gasteiger partial charge in [-0.25, -0.2) is 5.01 Å². The van der Waals surface area contributed by atoms with Gasteiger partial charge in [-0.3, -0.25) is 15.1 Å². The number of nitrogens with one attached hydrogen (secondary N) is 1. The number of ether oxygens (including phenoxy) is 2. The summed E-state index contributed by atoms with van der Waals surface area (Å²) in [5.41, 5.74) is 3.60. The highest BCUT2D eigenvalue weighted by molar-refractivity contribution is 8.13. The van der Waals surface area contributed by atoms with E-state index < -0.39 is 6.17 Å². The van der Waals surface area contributed by atoms with Crippen LogP contribution < -0.4 is 25.4 Å². The Morgan fingerprint density at radius 2 is 1.86 bits per heavy atom. The van der Waals surface area contributed by atoms with Gasteiger partial charge < -0.3 is 9.47 Å². The Morgan fingerprint density at radius 1 is 1.06 bits per heavy atom. The van der Waals surface area contributed by atoms with Crippen molar-refractivity contribution in [1.29, 1.82) is 0 Å². The van der Waals surface area contributed by atoms with Crippen molar-refractivity contribution < 1.29 is 14.3 Å². The van der Waals surface area contributed by atoms with Crippen LogP contribution in [0.5, 0.6) is 11.5 Å². The summed E-state index contributed by atoms with van der Waals surface area (Å²) in [6, 6.07) is 21.6. The van der Waals surface area contributed by atoms with Crippen LogP contribution in [0.25, 0.3) is 5.70 Å². The maximum atomic E-state index is 13.4. The predicted molar refractivity (Wildman–Crippen MR) is 137 cm³/mol. The molecular weight excluding hydrogens is 460 g/mol. The van der Waals surface area contributed by atoms with Gasteiger partial charge in [0.1, 0.15) is 5.70 Å². The van der Waals surface area contributed by atoms with Crippen LogP contribution in [-0.2, 0) is 10.5 Å². The first-order valence-corrected chi connectivity index (χ1v) is 12.4. The number of methoxy groups -OCH3 is 1. The molecule has 0 saturated heterocycles. The molecule has 0 aliphatic carbocycles. The van der Waals surface area contributed by atoms with Gasteiger partial charge in [0.25, 0.3) is 5.91 Å². The Bertz CT molecular complexity index is 1420. The summed E-state index contributed by atoms with van der Waals surface area (Å²) in [6.07, 6.45) is -0.587. The second-order valence-corrected chi connectivity index (χ2v) is 9.12. The fourth-order valence-corrected chi connectivity index (χ4v) is 4.96. The first kappa shape index (κ1) is 23.0. The van der Waals surface area contributed by atoms with E-state index in [9.17, 15) is 4.79 Å². The van der Waals surface area contributed by atoms with E-state index in [0.29, 0.717) is 34.7 Å². The number of amidine groups is 1. The number of hydrogen-bond acceptors (Lipinski definition) is 7. The summed E-state index contributed by atoms with van der Waals surface area (Å²) in [5.74, 6) is 1.68. The quantitative estimate of drug-likeness (QED) is 0.578. The standard InChI is InChI=1S/C27H26N4O3S/c1-4-34-22-11-7-9-20(24(22)33-3)25-28-21-10-6-5-8-19(21)23-26(32)29-27(30-31(23)25)35-16-18-14-12-17(2)13-15-18/h5-15,25H,4,16H2,1-3H3,(H,29,30,32)/t25-/m1/s1. The summed E-state index contributed by atoms with van der Waals surface area (Å²) >= 11 is 1.48. The number of aryl methyl sites for hydroxylation is 1. The third kappa shape index (κ3) is 4.49. The van der Waals surface area contributed by atoms with Crippen molar-refractivity contribution in [2.24, 2.45) is 10.1 Å². The molecule has 1 atom stereocenters. The number of hydrazone groups is 1. The van der Waals surface area contributed by atoms with Gasteiger partial charge in [-0.15, -0.1) is 5.10 Å². The maximum absolute atomic E-state index is 13.4. The first-order valence-electron chi connectivity index (χ1n) is 11.4. The fourth-order valence-electron chi connectivity index (χ4n) is 4.15. The minimum absolute atomic E-state index is 0.210. The molecule has 5 rings (SSSR count). The second-order valence-electron chi connectivity index (χ2n) is 8.16. The van der Waals surface area contributed by atoms with E-state index in [1.54, 1.807) is 12.1 Å². The van der Waals surface area contributed by atoms with Gasteiger partial charge in [-0.05, 0) is 31.5 Å². The molecule has 3 aromatic carbocycles. The molecule has 35 heavy (non-hydrogen) atoms. The van der Waals surface area contributed by atoms with Crippen LogP contribution in [0.2, 0.25) is 0 Å². The van der Waals surface area contributed by atoms with Gasteiger partial charge in [0.05, 0.1) is 19.1 Å². The lowest BCUT2D eigenvalue weighted by Gasteiger charge is -2.34. The van der Waals surface area contributed by atoms with Crippen LogP contribution in [0.4, 0.5) is 0 Å². The average molecular weight is 487 g/mol. The number of benzene rings is 3. The molecule has 7 nitrogen and oxygen atoms in total. The van der Waals surface area contributed by atoms with Crippen LogP contribution in [0.1, 0.15) is 29.8 Å². The van der Waals surface area contributed by atoms with E-state index in [0.717, 1.165) is 21.7 Å². The Morgan fingerprint density at radius 3 is 2.63 bits per heavy atom. The lowest BCUT2D eigenvalue weighted by atomic mass is 10.1. The van der Waals surface area contributed by atoms with Crippen LogP contribution in [-0.4, -0.2) is 29.8 Å². The highest BCUT2D eigenvalue weighted by Crippen LogP contribution is 2.40. The number of amides is 1. The zero-order valence-corrected chi connectivity index (χ0v) is 20.6. The molecule has 178 valence electrons. The molecule has 1 amide bonds. The summed E-state index contributed by atoms with van der Waals surface area (Å²) in [6.45, 7) is 4.49. The van der Waals surface area contributed by atoms with E-state index in [-0.39, 0.29) is 5.91 Å². The molecule has 1 N–H and O–H groups in total. The normalized spacial score (nSPS) is 16.5. The molecule has 0 radical (unpaired) electrons. The van der Waals surface area contributed by atoms with Crippen molar-refractivity contribution in [1.82, 2.24) is 10.3 Å². The molecule has 2 aliphatic heterocycles. The summed E-state index contributed by atoms with van der Waals surface area (Å²) < 4.78 is 11.5. The maximum Gasteiger partial charge on any atom is 0.276 e. The largest absolute Gasteiger partial charge is 0.492 e. The summed E-state index contributed by atoms with van der Waals surface area (Å²) in [5, 5.41) is 11.5. The minimum atomic E-state index is -0.587. The number of carbonyl (C=O) groups is 1. The average Bonchev–Trinajstić information content (AvgIpc) is 2.87. The van der Waals surface area contributed by atoms with Crippen molar-refractivity contribution in [2.45, 2.75) is 25.8 Å². The van der Waals surface area contributed by atoms with Crippen LogP contribution in [0, 0.1) is 6.92 Å². The SMILES string of the molecule is CCOc1cccc([C@@H]2N=c3ccccc3=C3C(=O)NC(SCc4ccc(C)cc4)=NN32)c1OC. The highest BCUT2D eigenvalue weighted by atomic mass is 32.2. The third-order valence-corrected chi connectivity index (χ3v) is 6.74. The molecule has 0 unspecified atom stereocenters. The van der Waals surface area contributed by atoms with Gasteiger partial charge in [-0.2, -0.15) is 0 Å². The smallest absolute Gasteiger partial charge is 0.276 e. The number of para-hydroxylation sites is 2. The first-order chi connectivity index (χ1) is 17.1. The van der Waals surface area contributed by atoms with Crippen molar-refractivity contribution in [3.05, 3.63) is 94.0 Å². The molecule has 3 aromatic rings. The van der Waals surface area contributed by atoms with Gasteiger partial charge in [-0.1, -0.05) is 71.9 Å². The van der Waals surface area contributed by atoms with E-state index in [1.165, 1.54) is 17.3 Å². The fraction of sp³-hybridized carbons (Fsp3) is 0.222. The molecule has 0 fully saturated rings. The minimum Gasteiger partial charge on any atom is -0.492 e. The molecule has 0 aromatic heterocycles. The predicted octanol–water partition coefficient (Wildman–Crippen LogP) is 3.48. The van der Waals surface area contributed by atoms with Crippen LogP contribution in [0.3, 0.4) is 0 Å². The number of rotatable bonds is 6. The summed E-state index contributed by atoms with van der Waals surface area (Å²) in [7, 11) is 1.61. The molecule has 2 aliphatic rings. The van der Waals surface area contributed by atoms with E-state index in [2.05, 4.69) is 36.5 Å². The van der Waals surface area contributed by atoms with Crippen molar-refractivity contribution in [3.63, 3.8) is 0 Å². The topological polar surface area (TPSA) is 75.5 Å². The number of fused-ring (bicyclic) bond motifs is 2. The Kier molecular flexibility index (Phi) is 6.46. The zero-order chi connectivity index (χ0) is 24.4. The number of carbonyl (C=O) groups excluding carboxylic acids is 1. The van der Waals surface area contributed by atoms with Crippen molar-refractivity contribution in [3.8, 4) is 11.5 Å². The third-order valence-electron chi connectivity index (χ3n) is 5.80. The van der Waals surface area contributed by atoms with E-state index in [1.807, 2.05) is 49.4 Å². The Balaban J connectivity index is 1.59. The Hall–Kier alpha value is -3.78. The van der Waals surface area contributed by atoms with Gasteiger partial charge in [0.15, 0.2) is 22.8 Å². The van der Waals surface area contributed by atoms with Crippen LogP contribution in [0.15, 0.2) is 76.8 Å². The van der Waals surface area contributed by atoms with Crippen LogP contribution >= 0.6 is 11.8 Å². The molecule has 2 heterocycles. The lowest BCUT2D eigenvalue weighted by Crippen LogP contribution is -2.50. The molecule has 0 spiro atoms. The monoisotopic (exact) mass is 486 g/mol. The van der Waals surface area contributed by atoms with Gasteiger partial charge >= 0.3 is 0 Å². The molecule has 0 bridgehead atoms. The van der Waals surface area contributed by atoms with Gasteiger partial charge in [0.2, 0.25) is 0 Å². The Labute approximate surface area is 208 Å².